The van der Waals surface area contributed by atoms with E-state index in [1.54, 1.807) is 0 Å². The number of anilines is 1. The van der Waals surface area contributed by atoms with Gasteiger partial charge in [0.25, 0.3) is 0 Å². The van der Waals surface area contributed by atoms with Gasteiger partial charge in [0.1, 0.15) is 0 Å². The molecule has 1 aliphatic rings. The predicted octanol–water partition coefficient (Wildman–Crippen LogP) is 3.12. The molecule has 0 spiro atoms. The minimum Gasteiger partial charge on any atom is -0.371 e. The molecule has 19 heavy (non-hydrogen) atoms. The smallest absolute Gasteiger partial charge is 0.0445 e. The van der Waals surface area contributed by atoms with Crippen LogP contribution < -0.4 is 10.2 Å². The molecule has 0 bridgehead atoms. The Morgan fingerprint density at radius 1 is 1.32 bits per heavy atom. The molecule has 0 aromatic carbocycles. The van der Waals surface area contributed by atoms with Crippen molar-refractivity contribution in [1.29, 1.82) is 0 Å². The van der Waals surface area contributed by atoms with Gasteiger partial charge in [-0.1, -0.05) is 6.92 Å². The van der Waals surface area contributed by atoms with Gasteiger partial charge in [-0.15, -0.1) is 0 Å². The molecule has 3 heteroatoms. The van der Waals surface area contributed by atoms with Gasteiger partial charge in [-0.25, -0.2) is 0 Å². The van der Waals surface area contributed by atoms with Crippen molar-refractivity contribution < 1.29 is 0 Å². The average Bonchev–Trinajstić information content (AvgIpc) is 2.41. The molecule has 1 aromatic rings. The van der Waals surface area contributed by atoms with Gasteiger partial charge in [-0.05, 0) is 51.6 Å². The van der Waals surface area contributed by atoms with E-state index in [2.05, 4.69) is 42.2 Å². The molecule has 1 heterocycles. The standard InChI is InChI=1S/C16H27N3/c1-12-5-7-15(8-6-12)19(4)16-9-13(2)18-11-14(16)10-17-3/h9,11-12,15,17H,5-8,10H2,1-4H3. The Morgan fingerprint density at radius 3 is 2.63 bits per heavy atom. The lowest BCUT2D eigenvalue weighted by molar-refractivity contribution is 0.340. The van der Waals surface area contributed by atoms with Crippen molar-refractivity contribution in [3.05, 3.63) is 23.5 Å². The lowest BCUT2D eigenvalue weighted by Gasteiger charge is -2.36. The van der Waals surface area contributed by atoms with Crippen molar-refractivity contribution in [1.82, 2.24) is 10.3 Å². The maximum Gasteiger partial charge on any atom is 0.0445 e. The van der Waals surface area contributed by atoms with Crippen LogP contribution in [0.4, 0.5) is 5.69 Å². The summed E-state index contributed by atoms with van der Waals surface area (Å²) in [5.41, 5.74) is 3.75. The molecule has 1 aliphatic carbocycles. The summed E-state index contributed by atoms with van der Waals surface area (Å²) in [4.78, 5) is 6.91. The number of nitrogens with zero attached hydrogens (tertiary/aromatic N) is 2. The summed E-state index contributed by atoms with van der Waals surface area (Å²) in [6.45, 7) is 5.33. The number of hydrogen-bond acceptors (Lipinski definition) is 3. The van der Waals surface area contributed by atoms with Gasteiger partial charge in [-0.3, -0.25) is 4.98 Å². The Bertz CT molecular complexity index is 408. The minimum atomic E-state index is 0.689. The van der Waals surface area contributed by atoms with E-state index in [-0.39, 0.29) is 0 Å². The fourth-order valence-electron chi connectivity index (χ4n) is 3.06. The van der Waals surface area contributed by atoms with Crippen LogP contribution in [0.1, 0.15) is 43.9 Å². The number of rotatable bonds is 4. The van der Waals surface area contributed by atoms with E-state index < -0.39 is 0 Å². The van der Waals surface area contributed by atoms with Gasteiger partial charge in [0, 0.05) is 42.8 Å². The highest BCUT2D eigenvalue weighted by Gasteiger charge is 2.23. The lowest BCUT2D eigenvalue weighted by atomic mass is 9.86. The second-order valence-electron chi connectivity index (χ2n) is 6.01. The highest BCUT2D eigenvalue weighted by molar-refractivity contribution is 5.54. The van der Waals surface area contributed by atoms with Crippen molar-refractivity contribution >= 4 is 5.69 Å². The number of hydrogen-bond donors (Lipinski definition) is 1. The SMILES string of the molecule is CNCc1cnc(C)cc1N(C)C1CCC(C)CC1. The quantitative estimate of drug-likeness (QED) is 0.902. The van der Waals surface area contributed by atoms with Crippen LogP contribution in [-0.2, 0) is 6.54 Å². The molecule has 3 nitrogen and oxygen atoms in total. The molecular weight excluding hydrogens is 234 g/mol. The second kappa shape index (κ2) is 6.38. The van der Waals surface area contributed by atoms with E-state index in [9.17, 15) is 0 Å². The van der Waals surface area contributed by atoms with Crippen LogP contribution in [0.3, 0.4) is 0 Å². The Kier molecular flexibility index (Phi) is 4.81. The van der Waals surface area contributed by atoms with Gasteiger partial charge < -0.3 is 10.2 Å². The highest BCUT2D eigenvalue weighted by atomic mass is 15.1. The van der Waals surface area contributed by atoms with Crippen molar-refractivity contribution in [3.8, 4) is 0 Å². The largest absolute Gasteiger partial charge is 0.371 e. The number of pyridine rings is 1. The third kappa shape index (κ3) is 3.47. The van der Waals surface area contributed by atoms with Gasteiger partial charge in [0.05, 0.1) is 0 Å². The zero-order chi connectivity index (χ0) is 13.8. The van der Waals surface area contributed by atoms with E-state index in [1.807, 2.05) is 13.2 Å². The Morgan fingerprint density at radius 2 is 2.00 bits per heavy atom. The van der Waals surface area contributed by atoms with E-state index in [0.29, 0.717) is 6.04 Å². The van der Waals surface area contributed by atoms with Gasteiger partial charge in [-0.2, -0.15) is 0 Å². The summed E-state index contributed by atoms with van der Waals surface area (Å²) >= 11 is 0. The molecular formula is C16H27N3. The number of nitrogens with one attached hydrogen (secondary N) is 1. The molecule has 1 aromatic heterocycles. The summed E-state index contributed by atoms with van der Waals surface area (Å²) in [6, 6.07) is 2.92. The molecule has 1 N–H and O–H groups in total. The van der Waals surface area contributed by atoms with Crippen LogP contribution >= 0.6 is 0 Å². The van der Waals surface area contributed by atoms with Gasteiger partial charge >= 0.3 is 0 Å². The van der Waals surface area contributed by atoms with E-state index in [4.69, 9.17) is 0 Å². The lowest BCUT2D eigenvalue weighted by Crippen LogP contribution is -2.35. The third-order valence-corrected chi connectivity index (χ3v) is 4.38. The zero-order valence-corrected chi connectivity index (χ0v) is 12.7. The Labute approximate surface area is 117 Å². The monoisotopic (exact) mass is 261 g/mol. The van der Waals surface area contributed by atoms with Gasteiger partial charge in [0.2, 0.25) is 0 Å². The summed E-state index contributed by atoms with van der Waals surface area (Å²) in [7, 11) is 4.24. The summed E-state index contributed by atoms with van der Waals surface area (Å²) in [5.74, 6) is 0.903. The first-order chi connectivity index (χ1) is 9.11. The normalized spacial score (nSPS) is 23.4. The first-order valence-electron chi connectivity index (χ1n) is 7.44. The van der Waals surface area contributed by atoms with Gasteiger partial charge in [0.15, 0.2) is 0 Å². The number of aryl methyl sites for hydroxylation is 1. The summed E-state index contributed by atoms with van der Waals surface area (Å²) in [6.07, 6.45) is 7.38. The fourth-order valence-corrected chi connectivity index (χ4v) is 3.06. The van der Waals surface area contributed by atoms with Crippen molar-refractivity contribution in [2.24, 2.45) is 5.92 Å². The van der Waals surface area contributed by atoms with Crippen LogP contribution in [0.5, 0.6) is 0 Å². The third-order valence-electron chi connectivity index (χ3n) is 4.38. The van der Waals surface area contributed by atoms with Crippen molar-refractivity contribution in [2.75, 3.05) is 19.0 Å². The molecule has 0 amide bonds. The Balaban J connectivity index is 2.17. The number of aromatic nitrogens is 1. The van der Waals surface area contributed by atoms with Crippen LogP contribution in [0.15, 0.2) is 12.3 Å². The molecule has 0 atom stereocenters. The van der Waals surface area contributed by atoms with Crippen LogP contribution in [0, 0.1) is 12.8 Å². The van der Waals surface area contributed by atoms with E-state index >= 15 is 0 Å². The predicted molar refractivity (Wildman–Crippen MR) is 81.6 cm³/mol. The molecule has 1 saturated carbocycles. The highest BCUT2D eigenvalue weighted by Crippen LogP contribution is 2.31. The van der Waals surface area contributed by atoms with E-state index in [0.717, 1.165) is 18.2 Å². The first-order valence-corrected chi connectivity index (χ1v) is 7.44. The van der Waals surface area contributed by atoms with Crippen LogP contribution in [0.2, 0.25) is 0 Å². The molecule has 1 fully saturated rings. The first kappa shape index (κ1) is 14.3. The second-order valence-corrected chi connectivity index (χ2v) is 6.01. The van der Waals surface area contributed by atoms with Crippen LogP contribution in [-0.4, -0.2) is 25.1 Å². The summed E-state index contributed by atoms with van der Waals surface area (Å²) < 4.78 is 0. The topological polar surface area (TPSA) is 28.2 Å². The van der Waals surface area contributed by atoms with Crippen molar-refractivity contribution in [2.45, 2.75) is 52.1 Å². The summed E-state index contributed by atoms with van der Waals surface area (Å²) in [5, 5.41) is 3.24. The van der Waals surface area contributed by atoms with E-state index in [1.165, 1.54) is 36.9 Å². The molecule has 0 unspecified atom stereocenters. The maximum absolute atomic E-state index is 4.43. The zero-order valence-electron chi connectivity index (χ0n) is 12.7. The van der Waals surface area contributed by atoms with Crippen LogP contribution in [0.25, 0.3) is 0 Å². The Hall–Kier alpha value is -1.09. The molecule has 0 radical (unpaired) electrons. The fraction of sp³-hybridized carbons (Fsp3) is 0.688. The molecule has 106 valence electrons. The molecule has 2 rings (SSSR count). The maximum atomic E-state index is 4.43. The molecule has 0 saturated heterocycles. The molecule has 0 aliphatic heterocycles. The minimum absolute atomic E-state index is 0.689. The van der Waals surface area contributed by atoms with Crippen molar-refractivity contribution in [3.63, 3.8) is 0 Å². The average molecular weight is 261 g/mol.